The van der Waals surface area contributed by atoms with Gasteiger partial charge in [-0.2, -0.15) is 0 Å². The first kappa shape index (κ1) is 17.4. The van der Waals surface area contributed by atoms with Crippen LogP contribution in [0.1, 0.15) is 29.0 Å². The van der Waals surface area contributed by atoms with Crippen molar-refractivity contribution >= 4 is 5.91 Å². The second-order valence-electron chi connectivity index (χ2n) is 6.72. The molecule has 0 saturated carbocycles. The predicted molar refractivity (Wildman–Crippen MR) is 103 cm³/mol. The van der Waals surface area contributed by atoms with E-state index in [1.54, 1.807) is 4.68 Å². The van der Waals surface area contributed by atoms with Gasteiger partial charge >= 0.3 is 0 Å². The van der Waals surface area contributed by atoms with Gasteiger partial charge in [0, 0.05) is 18.7 Å². The molecule has 0 bridgehead atoms. The lowest BCUT2D eigenvalue weighted by Gasteiger charge is -2.09. The standard InChI is InChI=1S/C21H22N4O2/c1-15-7-5-10-17(13-15)25-20(16-8-3-2-4-9-16)23-19(24-25)21(26)22-14-18-11-6-12-27-18/h2-5,7-10,13,18H,6,11-12,14H2,1H3,(H,22,26). The molecule has 2 heterocycles. The summed E-state index contributed by atoms with van der Waals surface area (Å²) in [4.78, 5) is 17.1. The third-order valence-corrected chi connectivity index (χ3v) is 4.60. The van der Waals surface area contributed by atoms with Crippen LogP contribution >= 0.6 is 0 Å². The van der Waals surface area contributed by atoms with Crippen molar-refractivity contribution in [1.82, 2.24) is 20.1 Å². The Labute approximate surface area is 158 Å². The molecule has 1 unspecified atom stereocenters. The number of aromatic nitrogens is 3. The lowest BCUT2D eigenvalue weighted by atomic mass is 10.2. The van der Waals surface area contributed by atoms with E-state index in [0.717, 1.165) is 36.3 Å². The third-order valence-electron chi connectivity index (χ3n) is 4.60. The normalized spacial score (nSPS) is 16.4. The van der Waals surface area contributed by atoms with Crippen molar-refractivity contribution in [3.63, 3.8) is 0 Å². The van der Waals surface area contributed by atoms with Gasteiger partial charge in [0.25, 0.3) is 5.91 Å². The fourth-order valence-electron chi connectivity index (χ4n) is 3.21. The molecule has 1 aliphatic rings. The topological polar surface area (TPSA) is 69.0 Å². The fraction of sp³-hybridized carbons (Fsp3) is 0.286. The Hall–Kier alpha value is -2.99. The minimum atomic E-state index is -0.283. The van der Waals surface area contributed by atoms with Gasteiger partial charge in [-0.3, -0.25) is 4.79 Å². The molecule has 1 aliphatic heterocycles. The van der Waals surface area contributed by atoms with Gasteiger partial charge in [0.1, 0.15) is 0 Å². The van der Waals surface area contributed by atoms with E-state index in [2.05, 4.69) is 15.4 Å². The number of aryl methyl sites for hydroxylation is 1. The maximum atomic E-state index is 12.6. The Balaban J connectivity index is 1.66. The van der Waals surface area contributed by atoms with Crippen LogP contribution in [-0.2, 0) is 4.74 Å². The molecule has 6 nitrogen and oxygen atoms in total. The highest BCUT2D eigenvalue weighted by molar-refractivity contribution is 5.91. The summed E-state index contributed by atoms with van der Waals surface area (Å²) in [7, 11) is 0. The fourth-order valence-corrected chi connectivity index (χ4v) is 3.21. The second-order valence-corrected chi connectivity index (χ2v) is 6.72. The molecule has 1 N–H and O–H groups in total. The van der Waals surface area contributed by atoms with Crippen LogP contribution < -0.4 is 5.32 Å². The Bertz CT molecular complexity index is 930. The number of hydrogen-bond donors (Lipinski definition) is 1. The van der Waals surface area contributed by atoms with Crippen molar-refractivity contribution < 1.29 is 9.53 Å². The summed E-state index contributed by atoms with van der Waals surface area (Å²) >= 11 is 0. The van der Waals surface area contributed by atoms with Crippen LogP contribution in [0.3, 0.4) is 0 Å². The van der Waals surface area contributed by atoms with Gasteiger partial charge in [-0.25, -0.2) is 9.67 Å². The van der Waals surface area contributed by atoms with Crippen LogP contribution in [-0.4, -0.2) is 39.9 Å². The Morgan fingerprint density at radius 2 is 2.07 bits per heavy atom. The van der Waals surface area contributed by atoms with Crippen molar-refractivity contribution in [3.05, 3.63) is 66.0 Å². The number of rotatable bonds is 5. The van der Waals surface area contributed by atoms with Crippen molar-refractivity contribution in [2.24, 2.45) is 0 Å². The molecule has 1 saturated heterocycles. The van der Waals surface area contributed by atoms with E-state index in [0.29, 0.717) is 12.4 Å². The van der Waals surface area contributed by atoms with Crippen molar-refractivity contribution in [1.29, 1.82) is 0 Å². The quantitative estimate of drug-likeness (QED) is 0.757. The molecular formula is C21H22N4O2. The highest BCUT2D eigenvalue weighted by atomic mass is 16.5. The summed E-state index contributed by atoms with van der Waals surface area (Å²) in [5.74, 6) is 0.519. The van der Waals surface area contributed by atoms with Gasteiger partial charge in [-0.05, 0) is 37.5 Å². The lowest BCUT2D eigenvalue weighted by molar-refractivity contribution is 0.0849. The van der Waals surface area contributed by atoms with E-state index in [9.17, 15) is 4.79 Å². The van der Waals surface area contributed by atoms with Gasteiger partial charge in [0.05, 0.1) is 11.8 Å². The summed E-state index contributed by atoms with van der Waals surface area (Å²) < 4.78 is 7.28. The van der Waals surface area contributed by atoms with Crippen LogP contribution in [0, 0.1) is 6.92 Å². The molecule has 1 amide bonds. The van der Waals surface area contributed by atoms with E-state index in [1.807, 2.05) is 61.5 Å². The molecule has 3 aromatic rings. The molecule has 2 aromatic carbocycles. The summed E-state index contributed by atoms with van der Waals surface area (Å²) in [6, 6.07) is 17.7. The van der Waals surface area contributed by atoms with E-state index in [1.165, 1.54) is 0 Å². The first-order valence-electron chi connectivity index (χ1n) is 9.20. The van der Waals surface area contributed by atoms with Gasteiger partial charge in [-0.15, -0.1) is 5.10 Å². The number of hydrogen-bond acceptors (Lipinski definition) is 4. The largest absolute Gasteiger partial charge is 0.376 e. The van der Waals surface area contributed by atoms with Gasteiger partial charge in [-0.1, -0.05) is 42.5 Å². The van der Waals surface area contributed by atoms with E-state index in [-0.39, 0.29) is 17.8 Å². The van der Waals surface area contributed by atoms with Crippen LogP contribution in [0.15, 0.2) is 54.6 Å². The van der Waals surface area contributed by atoms with E-state index >= 15 is 0 Å². The lowest BCUT2D eigenvalue weighted by Crippen LogP contribution is -2.32. The van der Waals surface area contributed by atoms with Gasteiger partial charge in [0.15, 0.2) is 5.82 Å². The Morgan fingerprint density at radius 3 is 2.81 bits per heavy atom. The number of ether oxygens (including phenoxy) is 1. The zero-order chi connectivity index (χ0) is 18.6. The van der Waals surface area contributed by atoms with Crippen LogP contribution in [0.2, 0.25) is 0 Å². The first-order chi connectivity index (χ1) is 13.2. The molecular weight excluding hydrogens is 340 g/mol. The van der Waals surface area contributed by atoms with Crippen LogP contribution in [0.4, 0.5) is 0 Å². The zero-order valence-corrected chi connectivity index (χ0v) is 15.3. The highest BCUT2D eigenvalue weighted by Gasteiger charge is 2.21. The minimum Gasteiger partial charge on any atom is -0.376 e. The number of benzene rings is 2. The molecule has 1 aromatic heterocycles. The van der Waals surface area contributed by atoms with Gasteiger partial charge < -0.3 is 10.1 Å². The van der Waals surface area contributed by atoms with Crippen LogP contribution in [0.25, 0.3) is 17.1 Å². The van der Waals surface area contributed by atoms with Crippen LogP contribution in [0.5, 0.6) is 0 Å². The summed E-state index contributed by atoms with van der Waals surface area (Å²) in [6.45, 7) is 3.27. The summed E-state index contributed by atoms with van der Waals surface area (Å²) in [5.41, 5.74) is 2.90. The maximum absolute atomic E-state index is 12.6. The summed E-state index contributed by atoms with van der Waals surface area (Å²) in [6.07, 6.45) is 2.10. The van der Waals surface area contributed by atoms with E-state index in [4.69, 9.17) is 4.74 Å². The molecule has 0 aliphatic carbocycles. The average molecular weight is 362 g/mol. The SMILES string of the molecule is Cc1cccc(-n2nc(C(=O)NCC3CCCO3)nc2-c2ccccc2)c1. The number of amides is 1. The maximum Gasteiger partial charge on any atom is 0.291 e. The highest BCUT2D eigenvalue weighted by Crippen LogP contribution is 2.21. The van der Waals surface area contributed by atoms with Crippen molar-refractivity contribution in [2.75, 3.05) is 13.2 Å². The number of nitrogens with one attached hydrogen (secondary N) is 1. The van der Waals surface area contributed by atoms with Crippen molar-refractivity contribution in [2.45, 2.75) is 25.9 Å². The third kappa shape index (κ3) is 3.90. The number of nitrogens with zero attached hydrogens (tertiary/aromatic N) is 3. The molecule has 0 spiro atoms. The smallest absolute Gasteiger partial charge is 0.291 e. The minimum absolute atomic E-state index is 0.0846. The molecule has 27 heavy (non-hydrogen) atoms. The number of carbonyl (C=O) groups excluding carboxylic acids is 1. The molecule has 138 valence electrons. The second kappa shape index (κ2) is 7.72. The molecule has 6 heteroatoms. The number of carbonyl (C=O) groups is 1. The first-order valence-corrected chi connectivity index (χ1v) is 9.20. The molecule has 0 radical (unpaired) electrons. The Kier molecular flexibility index (Phi) is 4.98. The Morgan fingerprint density at radius 1 is 1.22 bits per heavy atom. The molecule has 1 atom stereocenters. The van der Waals surface area contributed by atoms with E-state index < -0.39 is 0 Å². The monoisotopic (exact) mass is 362 g/mol. The molecule has 1 fully saturated rings. The average Bonchev–Trinajstić information content (AvgIpc) is 3.37. The zero-order valence-electron chi connectivity index (χ0n) is 15.3. The summed E-state index contributed by atoms with van der Waals surface area (Å²) in [5, 5.41) is 7.39. The van der Waals surface area contributed by atoms with Crippen molar-refractivity contribution in [3.8, 4) is 17.1 Å². The predicted octanol–water partition coefficient (Wildman–Crippen LogP) is 3.15. The molecule has 4 rings (SSSR count). The van der Waals surface area contributed by atoms with Gasteiger partial charge in [0.2, 0.25) is 5.82 Å².